The van der Waals surface area contributed by atoms with Crippen molar-refractivity contribution in [3.05, 3.63) is 24.0 Å². The normalized spacial score (nSPS) is 17.4. The maximum absolute atomic E-state index is 13.9. The van der Waals surface area contributed by atoms with Crippen LogP contribution in [0.5, 0.6) is 0 Å². The highest BCUT2D eigenvalue weighted by Gasteiger charge is 2.22. The van der Waals surface area contributed by atoms with Crippen LogP contribution in [0.2, 0.25) is 0 Å². The number of carboxylic acid groups (broad SMARTS) is 1. The molecule has 0 radical (unpaired) electrons. The van der Waals surface area contributed by atoms with Crippen molar-refractivity contribution in [3.8, 4) is 0 Å². The molecule has 2 rings (SSSR count). The first kappa shape index (κ1) is 14.0. The minimum atomic E-state index is -1.21. The van der Waals surface area contributed by atoms with E-state index in [1.54, 1.807) is 17.0 Å². The van der Waals surface area contributed by atoms with E-state index in [9.17, 15) is 13.7 Å². The summed E-state index contributed by atoms with van der Waals surface area (Å²) in [4.78, 5) is 14.3. The van der Waals surface area contributed by atoms with Crippen molar-refractivity contribution in [2.24, 2.45) is 0 Å². The lowest BCUT2D eigenvalue weighted by Gasteiger charge is -2.34. The Kier molecular flexibility index (Phi) is 4.16. The number of benzene rings is 1. The molecule has 0 aromatic heterocycles. The van der Waals surface area contributed by atoms with E-state index in [2.05, 4.69) is 0 Å². The Hall–Kier alpha value is -1.47. The smallest absolute Gasteiger partial charge is 0.407 e. The molecule has 0 saturated carbocycles. The topological polar surface area (TPSA) is 66.8 Å². The molecule has 1 aromatic carbocycles. The number of rotatable bonds is 2. The van der Waals surface area contributed by atoms with E-state index in [1.807, 2.05) is 0 Å². The van der Waals surface area contributed by atoms with Crippen molar-refractivity contribution < 1.29 is 18.8 Å². The van der Waals surface area contributed by atoms with E-state index < -0.39 is 23.1 Å². The van der Waals surface area contributed by atoms with Crippen molar-refractivity contribution in [2.75, 3.05) is 37.3 Å². The van der Waals surface area contributed by atoms with Gasteiger partial charge >= 0.3 is 6.09 Å². The Balaban J connectivity index is 2.09. The van der Waals surface area contributed by atoms with Crippen molar-refractivity contribution in [1.82, 2.24) is 4.90 Å². The zero-order chi connectivity index (χ0) is 14.0. The van der Waals surface area contributed by atoms with E-state index in [4.69, 9.17) is 5.11 Å². The van der Waals surface area contributed by atoms with E-state index in [1.165, 1.54) is 17.2 Å². The van der Waals surface area contributed by atoms with Gasteiger partial charge in [-0.2, -0.15) is 0 Å². The first-order valence-corrected chi connectivity index (χ1v) is 7.40. The summed E-state index contributed by atoms with van der Waals surface area (Å²) in [6, 6.07) is 4.51. The fourth-order valence-electron chi connectivity index (χ4n) is 2.06. The van der Waals surface area contributed by atoms with Gasteiger partial charge in [-0.05, 0) is 23.3 Å². The molecular weight excluding hydrogens is 271 g/mol. The molecule has 1 heterocycles. The van der Waals surface area contributed by atoms with Crippen molar-refractivity contribution >= 4 is 23.0 Å². The lowest BCUT2D eigenvalue weighted by atomic mass is 10.2. The third-order valence-corrected chi connectivity index (χ3v) is 4.06. The molecule has 19 heavy (non-hydrogen) atoms. The van der Waals surface area contributed by atoms with Gasteiger partial charge in [0.2, 0.25) is 0 Å². The van der Waals surface area contributed by atoms with E-state index >= 15 is 0 Å². The number of carbonyl (C=O) groups is 1. The predicted molar refractivity (Wildman–Crippen MR) is 70.5 cm³/mol. The van der Waals surface area contributed by atoms with Crippen LogP contribution in [0.4, 0.5) is 14.9 Å². The largest absolute Gasteiger partial charge is 0.612 e. The quantitative estimate of drug-likeness (QED) is 0.834. The summed E-state index contributed by atoms with van der Waals surface area (Å²) in [7, 11) is 0. The predicted octanol–water partition coefficient (Wildman–Crippen LogP) is 1.36. The summed E-state index contributed by atoms with van der Waals surface area (Å²) in [5, 5.41) is 8.85. The third-order valence-electron chi connectivity index (χ3n) is 3.14. The molecule has 0 spiro atoms. The Bertz CT molecular complexity index is 476. The summed E-state index contributed by atoms with van der Waals surface area (Å²) in [5.41, 5.74) is 0.430. The summed E-state index contributed by atoms with van der Waals surface area (Å²) in [6.45, 7) is 1.63. The number of amides is 1. The second kappa shape index (κ2) is 5.66. The highest BCUT2D eigenvalue weighted by molar-refractivity contribution is 7.90. The first-order chi connectivity index (χ1) is 8.99. The fraction of sp³-hybridized carbons (Fsp3) is 0.417. The van der Waals surface area contributed by atoms with Crippen LogP contribution >= 0.6 is 0 Å². The van der Waals surface area contributed by atoms with Crippen LogP contribution in [-0.2, 0) is 11.2 Å². The zero-order valence-electron chi connectivity index (χ0n) is 10.5. The van der Waals surface area contributed by atoms with Gasteiger partial charge in [0.05, 0.1) is 5.69 Å². The molecule has 1 aliphatic heterocycles. The lowest BCUT2D eigenvalue weighted by molar-refractivity contribution is 0.142. The Morgan fingerprint density at radius 3 is 2.47 bits per heavy atom. The molecule has 0 bridgehead atoms. The number of hydrogen-bond acceptors (Lipinski definition) is 3. The summed E-state index contributed by atoms with van der Waals surface area (Å²) in [5.74, 6) is -0.420. The lowest BCUT2D eigenvalue weighted by Crippen LogP contribution is -2.48. The molecule has 104 valence electrons. The van der Waals surface area contributed by atoms with Crippen LogP contribution in [0.3, 0.4) is 0 Å². The van der Waals surface area contributed by atoms with Crippen molar-refractivity contribution in [1.29, 1.82) is 0 Å². The SMILES string of the molecule is C[S@+]([O-])c1ccc(N2CCN(C(=O)O)CC2)c(F)c1. The molecule has 0 unspecified atom stereocenters. The minimum absolute atomic E-state index is 0.357. The van der Waals surface area contributed by atoms with Gasteiger partial charge in [-0.3, -0.25) is 0 Å². The molecule has 1 amide bonds. The molecule has 1 N–H and O–H groups in total. The highest BCUT2D eigenvalue weighted by atomic mass is 32.2. The minimum Gasteiger partial charge on any atom is -0.612 e. The monoisotopic (exact) mass is 286 g/mol. The van der Waals surface area contributed by atoms with Crippen LogP contribution < -0.4 is 4.90 Å². The molecule has 1 saturated heterocycles. The van der Waals surface area contributed by atoms with E-state index in [0.29, 0.717) is 36.8 Å². The number of anilines is 1. The molecule has 1 atom stereocenters. The zero-order valence-corrected chi connectivity index (χ0v) is 11.3. The Morgan fingerprint density at radius 1 is 1.37 bits per heavy atom. The molecule has 0 aliphatic carbocycles. The Labute approximate surface area is 113 Å². The van der Waals surface area contributed by atoms with Gasteiger partial charge in [0.15, 0.2) is 10.7 Å². The molecule has 1 aromatic rings. The van der Waals surface area contributed by atoms with Gasteiger partial charge in [-0.1, -0.05) is 0 Å². The average Bonchev–Trinajstić information content (AvgIpc) is 2.38. The Morgan fingerprint density at radius 2 is 2.00 bits per heavy atom. The number of piperazine rings is 1. The standard InChI is InChI=1S/C12H15FN2O3S/c1-19(18)9-2-3-11(10(13)8-9)14-4-6-15(7-5-14)12(16)17/h2-3,8H,4-7H2,1H3,(H,16,17)/t19-/m0/s1. The third kappa shape index (κ3) is 3.10. The second-order valence-corrected chi connectivity index (χ2v) is 5.70. The first-order valence-electron chi connectivity index (χ1n) is 5.85. The van der Waals surface area contributed by atoms with Crippen molar-refractivity contribution in [2.45, 2.75) is 4.90 Å². The summed E-state index contributed by atoms with van der Waals surface area (Å²) < 4.78 is 25.2. The van der Waals surface area contributed by atoms with E-state index in [-0.39, 0.29) is 0 Å². The second-order valence-electron chi connectivity index (χ2n) is 4.32. The number of nitrogens with zero attached hydrogens (tertiary/aromatic N) is 2. The molecular formula is C12H15FN2O3S. The van der Waals surface area contributed by atoms with Crippen LogP contribution in [-0.4, -0.2) is 53.1 Å². The van der Waals surface area contributed by atoms with Crippen molar-refractivity contribution in [3.63, 3.8) is 0 Å². The number of halogens is 1. The summed E-state index contributed by atoms with van der Waals surface area (Å²) in [6.07, 6.45) is 0.553. The van der Waals surface area contributed by atoms with E-state index in [0.717, 1.165) is 0 Å². The molecule has 1 fully saturated rings. The summed E-state index contributed by atoms with van der Waals surface area (Å²) >= 11 is -1.21. The van der Waals surface area contributed by atoms with Gasteiger partial charge in [-0.15, -0.1) is 0 Å². The van der Waals surface area contributed by atoms with Gasteiger partial charge in [0.25, 0.3) is 0 Å². The van der Waals surface area contributed by atoms with Crippen LogP contribution in [0, 0.1) is 5.82 Å². The highest BCUT2D eigenvalue weighted by Crippen LogP contribution is 2.23. The maximum atomic E-state index is 13.9. The van der Waals surface area contributed by atoms with Gasteiger partial charge in [0, 0.05) is 32.2 Å². The molecule has 1 aliphatic rings. The van der Waals surface area contributed by atoms with Crippen LogP contribution in [0.1, 0.15) is 0 Å². The van der Waals surface area contributed by atoms with Gasteiger partial charge in [0.1, 0.15) is 6.26 Å². The maximum Gasteiger partial charge on any atom is 0.407 e. The van der Waals surface area contributed by atoms with Crippen LogP contribution in [0.25, 0.3) is 0 Å². The van der Waals surface area contributed by atoms with Gasteiger partial charge < -0.3 is 19.5 Å². The number of hydrogen-bond donors (Lipinski definition) is 1. The molecule has 5 nitrogen and oxygen atoms in total. The van der Waals surface area contributed by atoms with Crippen LogP contribution in [0.15, 0.2) is 23.1 Å². The van der Waals surface area contributed by atoms with Gasteiger partial charge in [-0.25, -0.2) is 9.18 Å². The average molecular weight is 286 g/mol. The molecule has 7 heteroatoms. The fourth-order valence-corrected chi connectivity index (χ4v) is 2.59.